The fraction of sp³-hybridized carbons (Fsp3) is 0.273. The molecule has 0 unspecified atom stereocenters. The Labute approximate surface area is 173 Å². The summed E-state index contributed by atoms with van der Waals surface area (Å²) in [6.45, 7) is 2.88. The summed E-state index contributed by atoms with van der Waals surface area (Å²) >= 11 is 0. The molecule has 8 heteroatoms. The number of hydrogen-bond acceptors (Lipinski definition) is 6. The van der Waals surface area contributed by atoms with Crippen molar-refractivity contribution in [3.05, 3.63) is 75.0 Å². The molecule has 4 rings (SSSR count). The average molecular weight is 411 g/mol. The van der Waals surface area contributed by atoms with Gasteiger partial charge in [-0.05, 0) is 36.2 Å². The zero-order valence-electron chi connectivity index (χ0n) is 17.0. The van der Waals surface area contributed by atoms with Crippen LogP contribution in [0.25, 0.3) is 0 Å². The number of nitrogens with one attached hydrogen (secondary N) is 1. The quantitative estimate of drug-likeness (QED) is 0.669. The molecule has 2 aromatic carbocycles. The highest BCUT2D eigenvalue weighted by atomic mass is 19.1. The molecule has 0 fully saturated rings. The summed E-state index contributed by atoms with van der Waals surface area (Å²) in [7, 11) is 3.14. The SMILES string of the molecule is COc1cc(C)c(Nc2nc(=O)c3c(n2Cc2ccc(F)cc2)COC3)cc1OC. The van der Waals surface area contributed by atoms with Crippen molar-refractivity contribution in [1.29, 1.82) is 0 Å². The van der Waals surface area contributed by atoms with Gasteiger partial charge in [0.05, 0.1) is 45.2 Å². The minimum Gasteiger partial charge on any atom is -0.493 e. The Morgan fingerprint density at radius 2 is 1.83 bits per heavy atom. The molecular formula is C22H22FN3O4. The van der Waals surface area contributed by atoms with Crippen molar-refractivity contribution < 1.29 is 18.6 Å². The van der Waals surface area contributed by atoms with Crippen molar-refractivity contribution in [2.45, 2.75) is 26.7 Å². The highest BCUT2D eigenvalue weighted by Gasteiger charge is 2.23. The summed E-state index contributed by atoms with van der Waals surface area (Å²) in [6, 6.07) is 9.88. The first-order chi connectivity index (χ1) is 14.5. The predicted molar refractivity (Wildman–Crippen MR) is 110 cm³/mol. The van der Waals surface area contributed by atoms with E-state index in [-0.39, 0.29) is 18.0 Å². The number of methoxy groups -OCH3 is 2. The maximum absolute atomic E-state index is 13.3. The maximum Gasteiger partial charge on any atom is 0.280 e. The Bertz CT molecular complexity index is 1140. The molecule has 0 saturated heterocycles. The van der Waals surface area contributed by atoms with Gasteiger partial charge < -0.3 is 24.1 Å². The summed E-state index contributed by atoms with van der Waals surface area (Å²) in [5, 5.41) is 3.26. The number of benzene rings is 2. The van der Waals surface area contributed by atoms with Crippen LogP contribution < -0.4 is 20.3 Å². The Morgan fingerprint density at radius 1 is 1.13 bits per heavy atom. The van der Waals surface area contributed by atoms with Crippen LogP contribution in [0.4, 0.5) is 16.0 Å². The van der Waals surface area contributed by atoms with Gasteiger partial charge in [-0.1, -0.05) is 12.1 Å². The molecule has 0 atom stereocenters. The van der Waals surface area contributed by atoms with E-state index < -0.39 is 0 Å². The largest absolute Gasteiger partial charge is 0.493 e. The number of halogens is 1. The van der Waals surface area contributed by atoms with Crippen LogP contribution in [-0.4, -0.2) is 23.8 Å². The number of rotatable bonds is 6. The Kier molecular flexibility index (Phi) is 5.41. The van der Waals surface area contributed by atoms with Crippen molar-refractivity contribution in [2.75, 3.05) is 19.5 Å². The summed E-state index contributed by atoms with van der Waals surface area (Å²) in [5.41, 5.74) is 3.49. The summed E-state index contributed by atoms with van der Waals surface area (Å²) in [4.78, 5) is 16.8. The van der Waals surface area contributed by atoms with Gasteiger partial charge in [-0.25, -0.2) is 4.39 Å². The van der Waals surface area contributed by atoms with E-state index in [2.05, 4.69) is 10.3 Å². The van der Waals surface area contributed by atoms with E-state index in [0.717, 1.165) is 22.5 Å². The number of aryl methyl sites for hydroxylation is 1. The molecule has 0 bridgehead atoms. The molecule has 1 aromatic heterocycles. The molecule has 0 saturated carbocycles. The molecule has 156 valence electrons. The Morgan fingerprint density at radius 3 is 2.53 bits per heavy atom. The van der Waals surface area contributed by atoms with Gasteiger partial charge in [0.15, 0.2) is 11.5 Å². The smallest absolute Gasteiger partial charge is 0.280 e. The molecule has 3 aromatic rings. The van der Waals surface area contributed by atoms with Crippen LogP contribution in [0.3, 0.4) is 0 Å². The lowest BCUT2D eigenvalue weighted by atomic mass is 10.1. The van der Waals surface area contributed by atoms with E-state index >= 15 is 0 Å². The topological polar surface area (TPSA) is 74.6 Å². The fourth-order valence-corrected chi connectivity index (χ4v) is 3.47. The van der Waals surface area contributed by atoms with Crippen molar-refractivity contribution in [1.82, 2.24) is 9.55 Å². The molecule has 7 nitrogen and oxygen atoms in total. The molecule has 1 N–H and O–H groups in total. The molecular weight excluding hydrogens is 389 g/mol. The maximum atomic E-state index is 13.3. The fourth-order valence-electron chi connectivity index (χ4n) is 3.47. The van der Waals surface area contributed by atoms with E-state index in [4.69, 9.17) is 14.2 Å². The highest BCUT2D eigenvalue weighted by Crippen LogP contribution is 2.34. The third kappa shape index (κ3) is 3.73. The monoisotopic (exact) mass is 411 g/mol. The van der Waals surface area contributed by atoms with Crippen LogP contribution >= 0.6 is 0 Å². The normalized spacial score (nSPS) is 12.5. The third-order valence-corrected chi connectivity index (χ3v) is 5.11. The minimum absolute atomic E-state index is 0.236. The molecule has 0 radical (unpaired) electrons. The van der Waals surface area contributed by atoms with Crippen molar-refractivity contribution >= 4 is 11.6 Å². The van der Waals surface area contributed by atoms with E-state index in [0.29, 0.717) is 36.2 Å². The van der Waals surface area contributed by atoms with Crippen LogP contribution in [0, 0.1) is 12.7 Å². The molecule has 0 aliphatic carbocycles. The Balaban J connectivity index is 1.79. The average Bonchev–Trinajstić information content (AvgIpc) is 3.24. The molecule has 0 spiro atoms. The van der Waals surface area contributed by atoms with Crippen LogP contribution in [0.15, 0.2) is 41.2 Å². The standard InChI is InChI=1S/C22H22FN3O4/c1-13-8-19(28-2)20(29-3)9-17(13)24-22-25-21(27)16-11-30-12-18(16)26(22)10-14-4-6-15(23)7-5-14/h4-9H,10-12H2,1-3H3,(H,24,25,27). The number of hydrogen-bond donors (Lipinski definition) is 1. The van der Waals surface area contributed by atoms with E-state index in [9.17, 15) is 9.18 Å². The molecule has 30 heavy (non-hydrogen) atoms. The lowest BCUT2D eigenvalue weighted by molar-refractivity contribution is 0.131. The zero-order valence-corrected chi connectivity index (χ0v) is 17.0. The molecule has 2 heterocycles. The number of nitrogens with zero attached hydrogens (tertiary/aromatic N) is 2. The van der Waals surface area contributed by atoms with Crippen LogP contribution in [0.2, 0.25) is 0 Å². The first-order valence-corrected chi connectivity index (χ1v) is 9.44. The molecule has 1 aliphatic heterocycles. The van der Waals surface area contributed by atoms with Gasteiger partial charge in [-0.2, -0.15) is 4.98 Å². The van der Waals surface area contributed by atoms with Crippen LogP contribution in [0.5, 0.6) is 11.5 Å². The van der Waals surface area contributed by atoms with Crippen molar-refractivity contribution in [3.8, 4) is 11.5 Å². The molecule has 1 aliphatic rings. The third-order valence-electron chi connectivity index (χ3n) is 5.11. The van der Waals surface area contributed by atoms with Crippen LogP contribution in [-0.2, 0) is 24.5 Å². The summed E-state index contributed by atoms with van der Waals surface area (Å²) in [5.74, 6) is 1.25. The highest BCUT2D eigenvalue weighted by molar-refractivity contribution is 5.65. The van der Waals surface area contributed by atoms with Gasteiger partial charge in [-0.3, -0.25) is 4.79 Å². The second-order valence-corrected chi connectivity index (χ2v) is 7.02. The van der Waals surface area contributed by atoms with Gasteiger partial charge in [0.1, 0.15) is 5.82 Å². The number of fused-ring (bicyclic) bond motifs is 1. The second-order valence-electron chi connectivity index (χ2n) is 7.02. The zero-order chi connectivity index (χ0) is 21.3. The van der Waals surface area contributed by atoms with Crippen molar-refractivity contribution in [2.24, 2.45) is 0 Å². The van der Waals surface area contributed by atoms with Gasteiger partial charge >= 0.3 is 0 Å². The van der Waals surface area contributed by atoms with Gasteiger partial charge in [0.2, 0.25) is 5.95 Å². The summed E-state index contributed by atoms with van der Waals surface area (Å²) < 4.78 is 31.5. The van der Waals surface area contributed by atoms with E-state index in [1.165, 1.54) is 12.1 Å². The van der Waals surface area contributed by atoms with Gasteiger partial charge in [0, 0.05) is 11.8 Å². The van der Waals surface area contributed by atoms with E-state index in [1.54, 1.807) is 32.4 Å². The van der Waals surface area contributed by atoms with Crippen LogP contribution in [0.1, 0.15) is 22.4 Å². The predicted octanol–water partition coefficient (Wildman–Crippen LogP) is 3.53. The van der Waals surface area contributed by atoms with Gasteiger partial charge in [0.25, 0.3) is 5.56 Å². The summed E-state index contributed by atoms with van der Waals surface area (Å²) in [6.07, 6.45) is 0. The number of anilines is 2. The first-order valence-electron chi connectivity index (χ1n) is 9.44. The van der Waals surface area contributed by atoms with E-state index in [1.807, 2.05) is 17.6 Å². The lowest BCUT2D eigenvalue weighted by Crippen LogP contribution is -2.23. The lowest BCUT2D eigenvalue weighted by Gasteiger charge is -2.19. The minimum atomic E-state index is -0.321. The number of ether oxygens (including phenoxy) is 3. The molecule has 0 amide bonds. The second kappa shape index (κ2) is 8.16. The van der Waals surface area contributed by atoms with Crippen molar-refractivity contribution in [3.63, 3.8) is 0 Å². The Hall–Kier alpha value is -3.39. The number of aromatic nitrogens is 2. The first kappa shape index (κ1) is 19.9. The van der Waals surface area contributed by atoms with Gasteiger partial charge in [-0.15, -0.1) is 0 Å².